The van der Waals surface area contributed by atoms with E-state index in [1.165, 1.54) is 24.3 Å². The van der Waals surface area contributed by atoms with Gasteiger partial charge in [0.2, 0.25) is 5.91 Å². The molecule has 0 bridgehead atoms. The number of carbonyl (C=O) groups is 2. The molecule has 2 atom stereocenters. The summed E-state index contributed by atoms with van der Waals surface area (Å²) in [6.07, 6.45) is -1.82. The monoisotopic (exact) mass is 313 g/mol. The summed E-state index contributed by atoms with van der Waals surface area (Å²) in [5.41, 5.74) is 0.0604. The van der Waals surface area contributed by atoms with Gasteiger partial charge >= 0.3 is 6.03 Å². The molecular weight excluding hydrogens is 292 g/mol. The highest BCUT2D eigenvalue weighted by atomic mass is 19.3. The first-order valence-electron chi connectivity index (χ1n) is 7.09. The predicted molar refractivity (Wildman–Crippen MR) is 80.9 cm³/mol. The predicted octanol–water partition coefficient (Wildman–Crippen LogP) is 3.05. The van der Waals surface area contributed by atoms with Crippen LogP contribution in [0.2, 0.25) is 0 Å². The van der Waals surface area contributed by atoms with Gasteiger partial charge in [-0.2, -0.15) is 0 Å². The van der Waals surface area contributed by atoms with Gasteiger partial charge in [0.1, 0.15) is 6.04 Å². The molecule has 22 heavy (non-hydrogen) atoms. The van der Waals surface area contributed by atoms with Crippen LogP contribution in [-0.4, -0.2) is 24.0 Å². The summed E-state index contributed by atoms with van der Waals surface area (Å²) >= 11 is 0. The molecule has 0 radical (unpaired) electrons. The minimum Gasteiger partial charge on any atom is -0.352 e. The third-order valence-corrected chi connectivity index (χ3v) is 3.14. The number of hydrogen-bond acceptors (Lipinski definition) is 2. The highest BCUT2D eigenvalue weighted by Gasteiger charge is 2.17. The molecule has 3 amide bonds. The van der Waals surface area contributed by atoms with Crippen LogP contribution in [0.1, 0.15) is 39.2 Å². The van der Waals surface area contributed by atoms with Crippen molar-refractivity contribution in [2.75, 3.05) is 5.32 Å². The molecule has 1 aromatic rings. The summed E-state index contributed by atoms with van der Waals surface area (Å²) in [7, 11) is 0. The Hall–Kier alpha value is -2.18. The van der Waals surface area contributed by atoms with Crippen LogP contribution in [0, 0.1) is 0 Å². The highest BCUT2D eigenvalue weighted by Crippen LogP contribution is 2.21. The summed E-state index contributed by atoms with van der Waals surface area (Å²) < 4.78 is 25.1. The molecule has 3 N–H and O–H groups in total. The van der Waals surface area contributed by atoms with E-state index in [0.717, 1.165) is 6.42 Å². The van der Waals surface area contributed by atoms with Crippen LogP contribution in [0.4, 0.5) is 19.3 Å². The third kappa shape index (κ3) is 5.67. The van der Waals surface area contributed by atoms with Crippen LogP contribution < -0.4 is 16.0 Å². The lowest BCUT2D eigenvalue weighted by Crippen LogP contribution is -2.48. The van der Waals surface area contributed by atoms with Gasteiger partial charge < -0.3 is 16.0 Å². The summed E-state index contributed by atoms with van der Waals surface area (Å²) in [4.78, 5) is 23.6. The van der Waals surface area contributed by atoms with Crippen molar-refractivity contribution in [3.8, 4) is 0 Å². The number of alkyl halides is 2. The van der Waals surface area contributed by atoms with Crippen LogP contribution in [0.5, 0.6) is 0 Å². The van der Waals surface area contributed by atoms with Gasteiger partial charge in [0, 0.05) is 17.3 Å². The fraction of sp³-hybridized carbons (Fsp3) is 0.467. The summed E-state index contributed by atoms with van der Waals surface area (Å²) in [5, 5.41) is 7.63. The van der Waals surface area contributed by atoms with Crippen molar-refractivity contribution < 1.29 is 18.4 Å². The van der Waals surface area contributed by atoms with E-state index in [-0.39, 0.29) is 23.2 Å². The molecule has 0 saturated carbocycles. The molecule has 0 fully saturated rings. The normalized spacial score (nSPS) is 13.4. The standard InChI is InChI=1S/C15H21F2N3O2/c1-4-9(2)18-14(21)10(3)19-15(22)20-12-7-5-6-11(8-12)13(16)17/h5-10,13H,4H2,1-3H3,(H,18,21)(H2,19,20,22)/t9-,10-/m1/s1. The van der Waals surface area contributed by atoms with Gasteiger partial charge in [0.25, 0.3) is 6.43 Å². The number of benzene rings is 1. The smallest absolute Gasteiger partial charge is 0.319 e. The number of anilines is 1. The van der Waals surface area contributed by atoms with Crippen molar-refractivity contribution in [1.29, 1.82) is 0 Å². The lowest BCUT2D eigenvalue weighted by atomic mass is 10.2. The molecule has 0 aliphatic heterocycles. The topological polar surface area (TPSA) is 70.2 Å². The molecule has 122 valence electrons. The van der Waals surface area contributed by atoms with Gasteiger partial charge in [-0.25, -0.2) is 13.6 Å². The SMILES string of the molecule is CC[C@@H](C)NC(=O)[C@@H](C)NC(=O)Nc1cccc(C(F)F)c1. The molecule has 7 heteroatoms. The highest BCUT2D eigenvalue weighted by molar-refractivity contribution is 5.93. The van der Waals surface area contributed by atoms with E-state index in [1.54, 1.807) is 6.92 Å². The van der Waals surface area contributed by atoms with E-state index in [1.807, 2.05) is 13.8 Å². The first kappa shape index (κ1) is 17.9. The van der Waals surface area contributed by atoms with Crippen molar-refractivity contribution in [3.05, 3.63) is 29.8 Å². The summed E-state index contributed by atoms with van der Waals surface area (Å²) in [6, 6.07) is 4.04. The van der Waals surface area contributed by atoms with E-state index >= 15 is 0 Å². The number of hydrogen-bond donors (Lipinski definition) is 3. The quantitative estimate of drug-likeness (QED) is 0.755. The molecule has 1 rings (SSSR count). The average molecular weight is 313 g/mol. The van der Waals surface area contributed by atoms with E-state index < -0.39 is 18.5 Å². The van der Waals surface area contributed by atoms with Crippen LogP contribution in [0.15, 0.2) is 24.3 Å². The first-order valence-corrected chi connectivity index (χ1v) is 7.09. The van der Waals surface area contributed by atoms with Gasteiger partial charge in [0.15, 0.2) is 0 Å². The number of amides is 3. The molecule has 1 aromatic carbocycles. The van der Waals surface area contributed by atoms with E-state index in [9.17, 15) is 18.4 Å². The number of carbonyl (C=O) groups excluding carboxylic acids is 2. The minimum absolute atomic E-state index is 0.0162. The first-order chi connectivity index (χ1) is 10.3. The van der Waals surface area contributed by atoms with Crippen molar-refractivity contribution in [1.82, 2.24) is 10.6 Å². The lowest BCUT2D eigenvalue weighted by molar-refractivity contribution is -0.123. The second kappa shape index (κ2) is 8.31. The van der Waals surface area contributed by atoms with Crippen molar-refractivity contribution in [3.63, 3.8) is 0 Å². The second-order valence-electron chi connectivity index (χ2n) is 5.06. The Kier molecular flexibility index (Phi) is 6.75. The maximum absolute atomic E-state index is 12.6. The summed E-state index contributed by atoms with van der Waals surface area (Å²) in [6.45, 7) is 5.35. The number of nitrogens with one attached hydrogen (secondary N) is 3. The Balaban J connectivity index is 2.55. The van der Waals surface area contributed by atoms with Crippen LogP contribution in [-0.2, 0) is 4.79 Å². The number of rotatable bonds is 6. The Morgan fingerprint density at radius 2 is 1.86 bits per heavy atom. The van der Waals surface area contributed by atoms with Crippen molar-refractivity contribution in [2.24, 2.45) is 0 Å². The Labute approximate surface area is 128 Å². The number of halogens is 2. The maximum Gasteiger partial charge on any atom is 0.319 e. The molecule has 0 aliphatic carbocycles. The van der Waals surface area contributed by atoms with Gasteiger partial charge in [-0.1, -0.05) is 19.1 Å². The minimum atomic E-state index is -2.61. The summed E-state index contributed by atoms with van der Waals surface area (Å²) in [5.74, 6) is -0.300. The van der Waals surface area contributed by atoms with Crippen molar-refractivity contribution in [2.45, 2.75) is 45.7 Å². The zero-order chi connectivity index (χ0) is 16.7. The van der Waals surface area contributed by atoms with Gasteiger partial charge in [-0.15, -0.1) is 0 Å². The molecule has 0 unspecified atom stereocenters. The zero-order valence-electron chi connectivity index (χ0n) is 12.8. The van der Waals surface area contributed by atoms with Gasteiger partial charge in [0.05, 0.1) is 0 Å². The second-order valence-corrected chi connectivity index (χ2v) is 5.06. The molecule has 0 spiro atoms. The van der Waals surface area contributed by atoms with Gasteiger partial charge in [-0.3, -0.25) is 4.79 Å². The third-order valence-electron chi connectivity index (χ3n) is 3.14. The zero-order valence-corrected chi connectivity index (χ0v) is 12.8. The average Bonchev–Trinajstić information content (AvgIpc) is 2.46. The van der Waals surface area contributed by atoms with E-state index in [2.05, 4.69) is 16.0 Å². The molecule has 0 aliphatic rings. The number of urea groups is 1. The Morgan fingerprint density at radius 3 is 2.45 bits per heavy atom. The molecule has 0 saturated heterocycles. The molecular formula is C15H21F2N3O2. The lowest BCUT2D eigenvalue weighted by Gasteiger charge is -2.17. The Bertz CT molecular complexity index is 523. The van der Waals surface area contributed by atoms with E-state index in [0.29, 0.717) is 0 Å². The molecule has 5 nitrogen and oxygen atoms in total. The van der Waals surface area contributed by atoms with Crippen LogP contribution in [0.25, 0.3) is 0 Å². The van der Waals surface area contributed by atoms with E-state index in [4.69, 9.17) is 0 Å². The maximum atomic E-state index is 12.6. The molecule has 0 heterocycles. The fourth-order valence-electron chi connectivity index (χ4n) is 1.65. The van der Waals surface area contributed by atoms with Crippen LogP contribution >= 0.6 is 0 Å². The van der Waals surface area contributed by atoms with Gasteiger partial charge in [-0.05, 0) is 32.4 Å². The van der Waals surface area contributed by atoms with Crippen molar-refractivity contribution >= 4 is 17.6 Å². The Morgan fingerprint density at radius 1 is 1.18 bits per heavy atom. The largest absolute Gasteiger partial charge is 0.352 e. The van der Waals surface area contributed by atoms with Crippen LogP contribution in [0.3, 0.4) is 0 Å². The fourth-order valence-corrected chi connectivity index (χ4v) is 1.65. The molecule has 0 aromatic heterocycles.